The van der Waals surface area contributed by atoms with Crippen molar-refractivity contribution in [2.24, 2.45) is 0 Å². The molecule has 6 nitrogen and oxygen atoms in total. The van der Waals surface area contributed by atoms with Crippen LogP contribution in [0.3, 0.4) is 0 Å². The number of nitrogens with one attached hydrogen (secondary N) is 1. The number of pyridine rings is 2. The summed E-state index contributed by atoms with van der Waals surface area (Å²) in [5.41, 5.74) is 5.08. The van der Waals surface area contributed by atoms with Crippen LogP contribution in [0.4, 0.5) is 11.4 Å². The predicted molar refractivity (Wildman–Crippen MR) is 122 cm³/mol. The van der Waals surface area contributed by atoms with Gasteiger partial charge in [0.1, 0.15) is 5.69 Å². The first-order chi connectivity index (χ1) is 15.3. The van der Waals surface area contributed by atoms with Gasteiger partial charge in [-0.3, -0.25) is 9.78 Å². The van der Waals surface area contributed by atoms with E-state index in [2.05, 4.69) is 39.5 Å². The summed E-state index contributed by atoms with van der Waals surface area (Å²) in [6, 6.07) is 21.8. The van der Waals surface area contributed by atoms with Crippen LogP contribution >= 0.6 is 0 Å². The van der Waals surface area contributed by atoms with Crippen molar-refractivity contribution in [3.8, 4) is 11.1 Å². The lowest BCUT2D eigenvalue weighted by Gasteiger charge is -2.29. The minimum Gasteiger partial charge on any atom is -0.378 e. The molecular weight excluding hydrogens is 388 g/mol. The SMILES string of the molecule is O=C(Nc1cccnc1)c1ccc2cccc(-c3ccc(N4CCOCC4)cc3)c2n1. The normalized spacial score (nSPS) is 13.9. The van der Waals surface area contributed by atoms with E-state index >= 15 is 0 Å². The summed E-state index contributed by atoms with van der Waals surface area (Å²) in [5.74, 6) is -0.257. The lowest BCUT2D eigenvalue weighted by atomic mass is 10.0. The molecule has 1 aliphatic heterocycles. The third-order valence-electron chi connectivity index (χ3n) is 5.43. The largest absolute Gasteiger partial charge is 0.378 e. The fraction of sp³-hybridized carbons (Fsp3) is 0.160. The maximum Gasteiger partial charge on any atom is 0.274 e. The fourth-order valence-corrected chi connectivity index (χ4v) is 3.81. The van der Waals surface area contributed by atoms with Gasteiger partial charge >= 0.3 is 0 Å². The van der Waals surface area contributed by atoms with Gasteiger partial charge in [0.2, 0.25) is 0 Å². The number of hydrogen-bond acceptors (Lipinski definition) is 5. The molecule has 6 heteroatoms. The van der Waals surface area contributed by atoms with Crippen LogP contribution in [0.5, 0.6) is 0 Å². The summed E-state index contributed by atoms with van der Waals surface area (Å²) in [5, 5.41) is 3.84. The van der Waals surface area contributed by atoms with Crippen molar-refractivity contribution in [2.75, 3.05) is 36.5 Å². The standard InChI is InChI=1S/C25H22N4O2/c30-25(27-20-4-2-12-26-17-20)23-11-8-19-3-1-5-22(24(19)28-23)18-6-9-21(10-7-18)29-13-15-31-16-14-29/h1-12,17H,13-16H2,(H,27,30). The number of nitrogens with zero attached hydrogens (tertiary/aromatic N) is 3. The van der Waals surface area contributed by atoms with Gasteiger partial charge in [0.05, 0.1) is 30.6 Å². The van der Waals surface area contributed by atoms with E-state index in [1.807, 2.05) is 24.3 Å². The molecular formula is C25H22N4O2. The average Bonchev–Trinajstić information content (AvgIpc) is 2.84. The molecule has 0 spiro atoms. The summed E-state index contributed by atoms with van der Waals surface area (Å²) < 4.78 is 5.44. The van der Waals surface area contributed by atoms with Crippen molar-refractivity contribution < 1.29 is 9.53 Å². The Kier molecular flexibility index (Phi) is 5.29. The highest BCUT2D eigenvalue weighted by Gasteiger charge is 2.14. The van der Waals surface area contributed by atoms with Crippen LogP contribution in [0, 0.1) is 0 Å². The minimum atomic E-state index is -0.257. The fourth-order valence-electron chi connectivity index (χ4n) is 3.81. The quantitative estimate of drug-likeness (QED) is 0.541. The van der Waals surface area contributed by atoms with Crippen LogP contribution < -0.4 is 10.2 Å². The van der Waals surface area contributed by atoms with Gasteiger partial charge in [-0.2, -0.15) is 0 Å². The van der Waals surface area contributed by atoms with Crippen LogP contribution in [-0.4, -0.2) is 42.2 Å². The molecule has 2 aromatic heterocycles. The number of aromatic nitrogens is 2. The third-order valence-corrected chi connectivity index (χ3v) is 5.43. The number of fused-ring (bicyclic) bond motifs is 1. The van der Waals surface area contributed by atoms with Crippen molar-refractivity contribution in [3.63, 3.8) is 0 Å². The molecule has 4 aromatic rings. The first-order valence-electron chi connectivity index (χ1n) is 10.3. The minimum absolute atomic E-state index is 0.257. The first kappa shape index (κ1) is 19.2. The van der Waals surface area contributed by atoms with Gasteiger partial charge in [0, 0.05) is 35.9 Å². The first-order valence-corrected chi connectivity index (χ1v) is 10.3. The van der Waals surface area contributed by atoms with Crippen molar-refractivity contribution in [1.82, 2.24) is 9.97 Å². The number of ether oxygens (including phenoxy) is 1. The molecule has 3 heterocycles. The zero-order chi connectivity index (χ0) is 21.0. The second-order valence-electron chi connectivity index (χ2n) is 7.42. The van der Waals surface area contributed by atoms with Gasteiger partial charge in [-0.15, -0.1) is 0 Å². The average molecular weight is 410 g/mol. The molecule has 0 unspecified atom stereocenters. The molecule has 1 saturated heterocycles. The van der Waals surface area contributed by atoms with Crippen LogP contribution in [0.15, 0.2) is 79.1 Å². The second-order valence-corrected chi connectivity index (χ2v) is 7.42. The predicted octanol–water partition coefficient (Wildman–Crippen LogP) is 4.39. The van der Waals surface area contributed by atoms with Gasteiger partial charge in [-0.05, 0) is 35.9 Å². The lowest BCUT2D eigenvalue weighted by molar-refractivity contribution is 0.102. The molecule has 2 aromatic carbocycles. The van der Waals surface area contributed by atoms with E-state index in [0.717, 1.165) is 48.3 Å². The molecule has 0 saturated carbocycles. The van der Waals surface area contributed by atoms with E-state index in [9.17, 15) is 4.79 Å². The molecule has 0 atom stereocenters. The van der Waals surface area contributed by atoms with Crippen LogP contribution in [0.2, 0.25) is 0 Å². The molecule has 1 amide bonds. The maximum absolute atomic E-state index is 12.7. The van der Waals surface area contributed by atoms with Gasteiger partial charge < -0.3 is 15.0 Å². The van der Waals surface area contributed by atoms with Gasteiger partial charge in [-0.1, -0.05) is 36.4 Å². The van der Waals surface area contributed by atoms with Crippen molar-refractivity contribution >= 4 is 28.2 Å². The highest BCUT2D eigenvalue weighted by Crippen LogP contribution is 2.29. The summed E-state index contributed by atoms with van der Waals surface area (Å²) >= 11 is 0. The summed E-state index contributed by atoms with van der Waals surface area (Å²) in [7, 11) is 0. The molecule has 0 aliphatic carbocycles. The number of hydrogen-bond donors (Lipinski definition) is 1. The van der Waals surface area contributed by atoms with Crippen molar-refractivity contribution in [3.05, 3.63) is 84.8 Å². The van der Waals surface area contributed by atoms with Crippen LogP contribution in [0.1, 0.15) is 10.5 Å². The summed E-state index contributed by atoms with van der Waals surface area (Å²) in [6.07, 6.45) is 3.28. The van der Waals surface area contributed by atoms with Gasteiger partial charge in [0.25, 0.3) is 5.91 Å². The van der Waals surface area contributed by atoms with E-state index in [0.29, 0.717) is 11.4 Å². The Morgan fingerprint density at radius 1 is 0.935 bits per heavy atom. The number of anilines is 2. The van der Waals surface area contributed by atoms with Crippen LogP contribution in [-0.2, 0) is 4.74 Å². The number of morpholine rings is 1. The number of carbonyl (C=O) groups excluding carboxylic acids is 1. The number of amides is 1. The van der Waals surface area contributed by atoms with Crippen molar-refractivity contribution in [2.45, 2.75) is 0 Å². The Labute approximate surface area is 180 Å². The van der Waals surface area contributed by atoms with Crippen LogP contribution in [0.25, 0.3) is 22.0 Å². The van der Waals surface area contributed by atoms with E-state index in [1.165, 1.54) is 5.69 Å². The Balaban J connectivity index is 1.46. The Hall–Kier alpha value is -3.77. The zero-order valence-corrected chi connectivity index (χ0v) is 17.0. The maximum atomic E-state index is 12.7. The molecule has 154 valence electrons. The van der Waals surface area contributed by atoms with E-state index in [4.69, 9.17) is 9.72 Å². The topological polar surface area (TPSA) is 67.4 Å². The molecule has 5 rings (SSSR count). The lowest BCUT2D eigenvalue weighted by Crippen LogP contribution is -2.36. The van der Waals surface area contributed by atoms with Gasteiger partial charge in [-0.25, -0.2) is 4.98 Å². The molecule has 1 fully saturated rings. The molecule has 0 bridgehead atoms. The number of para-hydroxylation sites is 1. The van der Waals surface area contributed by atoms with Gasteiger partial charge in [0.15, 0.2) is 0 Å². The molecule has 1 N–H and O–H groups in total. The van der Waals surface area contributed by atoms with Crippen molar-refractivity contribution in [1.29, 1.82) is 0 Å². The summed E-state index contributed by atoms with van der Waals surface area (Å²) in [4.78, 5) is 23.8. The number of benzene rings is 2. The van der Waals surface area contributed by atoms with E-state index < -0.39 is 0 Å². The summed E-state index contributed by atoms with van der Waals surface area (Å²) in [6.45, 7) is 3.34. The Bertz CT molecular complexity index is 1200. The highest BCUT2D eigenvalue weighted by atomic mass is 16.5. The van der Waals surface area contributed by atoms with E-state index in [1.54, 1.807) is 30.6 Å². The Morgan fingerprint density at radius 3 is 2.55 bits per heavy atom. The second kappa shape index (κ2) is 8.53. The van der Waals surface area contributed by atoms with E-state index in [-0.39, 0.29) is 5.91 Å². The smallest absolute Gasteiger partial charge is 0.274 e. The highest BCUT2D eigenvalue weighted by molar-refractivity contribution is 6.05. The third kappa shape index (κ3) is 4.11. The molecule has 31 heavy (non-hydrogen) atoms. The molecule has 1 aliphatic rings. The number of carbonyl (C=O) groups is 1. The monoisotopic (exact) mass is 410 g/mol. The Morgan fingerprint density at radius 2 is 1.77 bits per heavy atom. The molecule has 0 radical (unpaired) electrons. The zero-order valence-electron chi connectivity index (χ0n) is 17.0. The number of rotatable bonds is 4.